The standard InChI is InChI=1S/C16H12ClFN2O3S/c1-20-14-5-3-2-4-11(14)16(21)15(24(20,22)23)9-19-10-6-7-13(18)12(17)8-10/h2-9,19H,1H3. The summed E-state index contributed by atoms with van der Waals surface area (Å²) in [5, 5.41) is 2.57. The molecule has 0 fully saturated rings. The van der Waals surface area contributed by atoms with Crippen LogP contribution in [-0.4, -0.2) is 21.2 Å². The Morgan fingerprint density at radius 2 is 1.92 bits per heavy atom. The lowest BCUT2D eigenvalue weighted by molar-refractivity contribution is 0.104. The summed E-state index contributed by atoms with van der Waals surface area (Å²) in [4.78, 5) is 12.1. The number of carbonyl (C=O) groups is 1. The largest absolute Gasteiger partial charge is 0.360 e. The Morgan fingerprint density at radius 3 is 2.62 bits per heavy atom. The highest BCUT2D eigenvalue weighted by Crippen LogP contribution is 2.33. The van der Waals surface area contributed by atoms with Crippen molar-refractivity contribution >= 4 is 38.8 Å². The first-order valence-corrected chi connectivity index (χ1v) is 8.68. The molecule has 0 bridgehead atoms. The number of anilines is 2. The number of allylic oxidation sites excluding steroid dienone is 1. The Balaban J connectivity index is 2.03. The summed E-state index contributed by atoms with van der Waals surface area (Å²) in [6.45, 7) is 0. The van der Waals surface area contributed by atoms with Crippen molar-refractivity contribution < 1.29 is 17.6 Å². The molecular formula is C16H12ClFN2O3S. The summed E-state index contributed by atoms with van der Waals surface area (Å²) in [6.07, 6.45) is 1.09. The molecule has 5 nitrogen and oxygen atoms in total. The van der Waals surface area contributed by atoms with Crippen molar-refractivity contribution in [3.8, 4) is 0 Å². The van der Waals surface area contributed by atoms with E-state index >= 15 is 0 Å². The van der Waals surface area contributed by atoms with Gasteiger partial charge < -0.3 is 5.32 Å². The number of rotatable bonds is 2. The van der Waals surface area contributed by atoms with E-state index in [0.29, 0.717) is 16.9 Å². The van der Waals surface area contributed by atoms with E-state index < -0.39 is 26.5 Å². The van der Waals surface area contributed by atoms with Crippen LogP contribution in [0, 0.1) is 5.82 Å². The molecule has 0 aliphatic carbocycles. The molecule has 0 amide bonds. The van der Waals surface area contributed by atoms with Crippen molar-refractivity contribution in [1.29, 1.82) is 0 Å². The number of nitrogens with zero attached hydrogens (tertiary/aromatic N) is 1. The van der Waals surface area contributed by atoms with E-state index in [2.05, 4.69) is 5.32 Å². The zero-order valence-electron chi connectivity index (χ0n) is 12.5. The molecule has 0 saturated carbocycles. The van der Waals surface area contributed by atoms with Crippen LogP contribution in [0.25, 0.3) is 0 Å². The third kappa shape index (κ3) is 2.65. The lowest BCUT2D eigenvalue weighted by Gasteiger charge is -2.27. The maximum Gasteiger partial charge on any atom is 0.269 e. The Morgan fingerprint density at radius 1 is 1.21 bits per heavy atom. The van der Waals surface area contributed by atoms with Gasteiger partial charge in [-0.15, -0.1) is 0 Å². The van der Waals surface area contributed by atoms with Crippen LogP contribution in [0.2, 0.25) is 5.02 Å². The van der Waals surface area contributed by atoms with Gasteiger partial charge in [0.15, 0.2) is 4.91 Å². The molecule has 0 aromatic heterocycles. The average Bonchev–Trinajstić information content (AvgIpc) is 2.56. The number of sulfonamides is 1. The predicted molar refractivity (Wildman–Crippen MR) is 91.2 cm³/mol. The molecule has 24 heavy (non-hydrogen) atoms. The number of Topliss-reactive ketones (excluding diaryl/α,β-unsaturated/α-hetero) is 1. The first-order chi connectivity index (χ1) is 11.3. The maximum atomic E-state index is 13.2. The van der Waals surface area contributed by atoms with Crippen LogP contribution in [0.5, 0.6) is 0 Å². The zero-order chi connectivity index (χ0) is 17.5. The molecule has 1 N–H and O–H groups in total. The summed E-state index contributed by atoms with van der Waals surface area (Å²) in [6, 6.07) is 10.3. The van der Waals surface area contributed by atoms with E-state index in [1.165, 1.54) is 19.2 Å². The number of nitrogens with one attached hydrogen (secondary N) is 1. The number of halogens is 2. The van der Waals surface area contributed by atoms with Crippen molar-refractivity contribution in [1.82, 2.24) is 0 Å². The molecule has 2 aromatic rings. The molecule has 1 heterocycles. The van der Waals surface area contributed by atoms with Gasteiger partial charge in [0.25, 0.3) is 10.0 Å². The van der Waals surface area contributed by atoms with Gasteiger partial charge in [-0.2, -0.15) is 0 Å². The topological polar surface area (TPSA) is 66.5 Å². The maximum absolute atomic E-state index is 13.2. The fourth-order valence-corrected chi connectivity index (χ4v) is 3.79. The SMILES string of the molecule is CN1c2ccccc2C(=O)C(=CNc2ccc(F)c(Cl)c2)S1(=O)=O. The number of fused-ring (bicyclic) bond motifs is 1. The second-order valence-corrected chi connectivity index (χ2v) is 7.45. The van der Waals surface area contributed by atoms with E-state index in [0.717, 1.165) is 16.6 Å². The van der Waals surface area contributed by atoms with Gasteiger partial charge in [0.2, 0.25) is 5.78 Å². The Kier molecular flexibility index (Phi) is 4.06. The highest BCUT2D eigenvalue weighted by molar-refractivity contribution is 7.97. The predicted octanol–water partition coefficient (Wildman–Crippen LogP) is 3.39. The molecular weight excluding hydrogens is 355 g/mol. The van der Waals surface area contributed by atoms with Crippen molar-refractivity contribution in [3.05, 3.63) is 70.0 Å². The second kappa shape index (κ2) is 5.92. The fraction of sp³-hybridized carbons (Fsp3) is 0.0625. The van der Waals surface area contributed by atoms with Crippen LogP contribution >= 0.6 is 11.6 Å². The Labute approximate surface area is 143 Å². The highest BCUT2D eigenvalue weighted by Gasteiger charge is 2.37. The van der Waals surface area contributed by atoms with Crippen LogP contribution in [0.3, 0.4) is 0 Å². The molecule has 1 aliphatic rings. The first kappa shape index (κ1) is 16.5. The van der Waals surface area contributed by atoms with Gasteiger partial charge in [-0.25, -0.2) is 12.8 Å². The minimum Gasteiger partial charge on any atom is -0.360 e. The average molecular weight is 367 g/mol. The third-order valence-corrected chi connectivity index (χ3v) is 5.71. The summed E-state index contributed by atoms with van der Waals surface area (Å²) in [5.41, 5.74) is 0.975. The highest BCUT2D eigenvalue weighted by atomic mass is 35.5. The third-order valence-electron chi connectivity index (χ3n) is 3.64. The van der Waals surface area contributed by atoms with E-state index in [9.17, 15) is 17.6 Å². The lowest BCUT2D eigenvalue weighted by Crippen LogP contribution is -2.36. The van der Waals surface area contributed by atoms with Crippen LogP contribution < -0.4 is 9.62 Å². The van der Waals surface area contributed by atoms with Gasteiger partial charge in [0, 0.05) is 24.5 Å². The lowest BCUT2D eigenvalue weighted by atomic mass is 10.1. The van der Waals surface area contributed by atoms with Gasteiger partial charge in [-0.05, 0) is 30.3 Å². The molecule has 124 valence electrons. The van der Waals surface area contributed by atoms with Crippen LogP contribution in [0.4, 0.5) is 15.8 Å². The van der Waals surface area contributed by atoms with E-state index in [-0.39, 0.29) is 5.02 Å². The van der Waals surface area contributed by atoms with Gasteiger partial charge in [-0.3, -0.25) is 9.10 Å². The van der Waals surface area contributed by atoms with Crippen molar-refractivity contribution in [2.45, 2.75) is 0 Å². The van der Waals surface area contributed by atoms with Crippen molar-refractivity contribution in [2.24, 2.45) is 0 Å². The normalized spacial score (nSPS) is 17.7. The number of ketones is 1. The Bertz CT molecular complexity index is 973. The summed E-state index contributed by atoms with van der Waals surface area (Å²) in [5.74, 6) is -1.20. The molecule has 0 saturated heterocycles. The minimum absolute atomic E-state index is 0.112. The first-order valence-electron chi connectivity index (χ1n) is 6.87. The van der Waals surface area contributed by atoms with Gasteiger partial charge >= 0.3 is 0 Å². The van der Waals surface area contributed by atoms with Crippen LogP contribution in [0.1, 0.15) is 10.4 Å². The van der Waals surface area contributed by atoms with Gasteiger partial charge in [0.1, 0.15) is 5.82 Å². The van der Waals surface area contributed by atoms with E-state index in [4.69, 9.17) is 11.6 Å². The second-order valence-electron chi connectivity index (χ2n) is 5.10. The van der Waals surface area contributed by atoms with E-state index in [1.54, 1.807) is 24.3 Å². The summed E-state index contributed by atoms with van der Waals surface area (Å²) < 4.78 is 39.3. The number of hydrogen-bond donors (Lipinski definition) is 1. The van der Waals surface area contributed by atoms with Crippen molar-refractivity contribution in [3.63, 3.8) is 0 Å². The quantitative estimate of drug-likeness (QED) is 0.827. The number of carbonyl (C=O) groups excluding carboxylic acids is 1. The molecule has 0 atom stereocenters. The van der Waals surface area contributed by atoms with Gasteiger partial charge in [-0.1, -0.05) is 23.7 Å². The van der Waals surface area contributed by atoms with Crippen molar-refractivity contribution in [2.75, 3.05) is 16.7 Å². The summed E-state index contributed by atoms with van der Waals surface area (Å²) in [7, 11) is -2.60. The molecule has 3 rings (SSSR count). The van der Waals surface area contributed by atoms with Crippen LogP contribution in [-0.2, 0) is 10.0 Å². The Hall–Kier alpha value is -2.38. The molecule has 0 unspecified atom stereocenters. The molecule has 0 radical (unpaired) electrons. The molecule has 0 spiro atoms. The minimum atomic E-state index is -3.98. The number of benzene rings is 2. The van der Waals surface area contributed by atoms with Gasteiger partial charge in [0.05, 0.1) is 10.7 Å². The molecule has 1 aliphatic heterocycles. The fourth-order valence-electron chi connectivity index (χ4n) is 2.34. The number of hydrogen-bond acceptors (Lipinski definition) is 4. The summed E-state index contributed by atoms with van der Waals surface area (Å²) >= 11 is 5.68. The number of para-hydroxylation sites is 1. The van der Waals surface area contributed by atoms with Crippen LogP contribution in [0.15, 0.2) is 53.6 Å². The monoisotopic (exact) mass is 366 g/mol. The smallest absolute Gasteiger partial charge is 0.269 e. The van der Waals surface area contributed by atoms with E-state index in [1.807, 2.05) is 0 Å². The molecule has 8 heteroatoms. The molecule has 2 aromatic carbocycles. The zero-order valence-corrected chi connectivity index (χ0v) is 14.0.